The SMILES string of the molecule is CCNC(=NCc1ccc(F)c(CN(C)C)c1)NCCn1cnnc1CC. The summed E-state index contributed by atoms with van der Waals surface area (Å²) in [6.45, 7) is 7.40. The van der Waals surface area contributed by atoms with Crippen LogP contribution in [0.1, 0.15) is 30.8 Å². The minimum absolute atomic E-state index is 0.179. The molecule has 1 aromatic carbocycles. The molecule has 2 N–H and O–H groups in total. The normalized spacial score (nSPS) is 11.9. The van der Waals surface area contributed by atoms with Crippen LogP contribution in [0.25, 0.3) is 0 Å². The Bertz CT molecular complexity index is 739. The second-order valence-electron chi connectivity index (χ2n) is 6.58. The maximum atomic E-state index is 13.9. The highest BCUT2D eigenvalue weighted by atomic mass is 19.1. The average Bonchev–Trinajstić information content (AvgIpc) is 3.09. The van der Waals surface area contributed by atoms with E-state index in [1.807, 2.05) is 36.6 Å². The standard InChI is InChI=1S/C19H30FN7/c1-5-18-25-24-14-27(18)10-9-22-19(21-6-2)23-12-15-7-8-17(20)16(11-15)13-26(3)4/h7-8,11,14H,5-6,9-10,12-13H2,1-4H3,(H2,21,22,23). The maximum Gasteiger partial charge on any atom is 0.191 e. The lowest BCUT2D eigenvalue weighted by Gasteiger charge is -2.13. The van der Waals surface area contributed by atoms with E-state index in [0.717, 1.165) is 36.9 Å². The van der Waals surface area contributed by atoms with Crippen LogP contribution in [-0.2, 0) is 26.1 Å². The lowest BCUT2D eigenvalue weighted by Crippen LogP contribution is -2.38. The van der Waals surface area contributed by atoms with Crippen molar-refractivity contribution in [3.05, 3.63) is 47.3 Å². The molecular weight excluding hydrogens is 345 g/mol. The van der Waals surface area contributed by atoms with Crippen LogP contribution in [0.3, 0.4) is 0 Å². The molecule has 0 aliphatic heterocycles. The molecule has 0 radical (unpaired) electrons. The van der Waals surface area contributed by atoms with E-state index in [1.54, 1.807) is 12.4 Å². The van der Waals surface area contributed by atoms with Crippen LogP contribution in [-0.4, -0.2) is 52.8 Å². The maximum absolute atomic E-state index is 13.9. The van der Waals surface area contributed by atoms with Gasteiger partial charge in [-0.25, -0.2) is 9.38 Å². The Balaban J connectivity index is 1.96. The molecule has 0 atom stereocenters. The number of guanidine groups is 1. The van der Waals surface area contributed by atoms with Gasteiger partial charge < -0.3 is 20.1 Å². The summed E-state index contributed by atoms with van der Waals surface area (Å²) in [5, 5.41) is 14.6. The van der Waals surface area contributed by atoms with Gasteiger partial charge in [0.2, 0.25) is 0 Å². The Morgan fingerprint density at radius 3 is 2.78 bits per heavy atom. The van der Waals surface area contributed by atoms with E-state index in [0.29, 0.717) is 25.2 Å². The van der Waals surface area contributed by atoms with E-state index < -0.39 is 0 Å². The zero-order valence-electron chi connectivity index (χ0n) is 16.7. The number of halogens is 1. The lowest BCUT2D eigenvalue weighted by atomic mass is 10.1. The molecule has 0 saturated heterocycles. The van der Waals surface area contributed by atoms with Gasteiger partial charge >= 0.3 is 0 Å². The van der Waals surface area contributed by atoms with Crippen LogP contribution < -0.4 is 10.6 Å². The number of aryl methyl sites for hydroxylation is 1. The van der Waals surface area contributed by atoms with E-state index in [4.69, 9.17) is 0 Å². The van der Waals surface area contributed by atoms with Crippen molar-refractivity contribution in [1.29, 1.82) is 0 Å². The quantitative estimate of drug-likeness (QED) is 0.517. The first-order valence-corrected chi connectivity index (χ1v) is 9.34. The lowest BCUT2D eigenvalue weighted by molar-refractivity contribution is 0.392. The van der Waals surface area contributed by atoms with Gasteiger partial charge in [0.25, 0.3) is 0 Å². The van der Waals surface area contributed by atoms with E-state index >= 15 is 0 Å². The fourth-order valence-electron chi connectivity index (χ4n) is 2.73. The highest BCUT2D eigenvalue weighted by Crippen LogP contribution is 2.13. The van der Waals surface area contributed by atoms with Gasteiger partial charge in [-0.3, -0.25) is 0 Å². The molecule has 0 saturated carbocycles. The average molecular weight is 375 g/mol. The summed E-state index contributed by atoms with van der Waals surface area (Å²) in [5.74, 6) is 1.53. The van der Waals surface area contributed by atoms with Gasteiger partial charge in [-0.05, 0) is 38.7 Å². The molecule has 148 valence electrons. The smallest absolute Gasteiger partial charge is 0.191 e. The number of aliphatic imine (C=N–C) groups is 1. The molecule has 8 heteroatoms. The zero-order valence-corrected chi connectivity index (χ0v) is 16.7. The molecule has 1 aromatic heterocycles. The molecule has 27 heavy (non-hydrogen) atoms. The number of rotatable bonds is 9. The second kappa shape index (κ2) is 10.6. The van der Waals surface area contributed by atoms with Crippen LogP contribution in [0.5, 0.6) is 0 Å². The largest absolute Gasteiger partial charge is 0.357 e. The van der Waals surface area contributed by atoms with Crippen molar-refractivity contribution in [3.63, 3.8) is 0 Å². The third-order valence-corrected chi connectivity index (χ3v) is 4.02. The van der Waals surface area contributed by atoms with E-state index in [1.165, 1.54) is 6.07 Å². The molecular formula is C19H30FN7. The number of aromatic nitrogens is 3. The van der Waals surface area contributed by atoms with Crippen molar-refractivity contribution in [2.24, 2.45) is 4.99 Å². The molecule has 0 unspecified atom stereocenters. The van der Waals surface area contributed by atoms with Crippen LogP contribution in [0.2, 0.25) is 0 Å². The van der Waals surface area contributed by atoms with E-state index in [-0.39, 0.29) is 5.82 Å². The summed E-state index contributed by atoms with van der Waals surface area (Å²) in [7, 11) is 3.86. The monoisotopic (exact) mass is 375 g/mol. The fraction of sp³-hybridized carbons (Fsp3) is 0.526. The van der Waals surface area contributed by atoms with Crippen molar-refractivity contribution < 1.29 is 4.39 Å². The van der Waals surface area contributed by atoms with Crippen molar-refractivity contribution in [2.75, 3.05) is 27.2 Å². The topological polar surface area (TPSA) is 70.4 Å². The number of hydrogen-bond donors (Lipinski definition) is 2. The van der Waals surface area contributed by atoms with Gasteiger partial charge in [-0.2, -0.15) is 0 Å². The summed E-state index contributed by atoms with van der Waals surface area (Å²) in [5.41, 5.74) is 1.67. The summed E-state index contributed by atoms with van der Waals surface area (Å²) >= 11 is 0. The Labute approximate surface area is 160 Å². The van der Waals surface area contributed by atoms with Gasteiger partial charge in [0.15, 0.2) is 5.96 Å². The number of nitrogens with one attached hydrogen (secondary N) is 2. The Hall–Kier alpha value is -2.48. The number of benzene rings is 1. The number of hydrogen-bond acceptors (Lipinski definition) is 4. The molecule has 0 aliphatic rings. The van der Waals surface area contributed by atoms with E-state index in [9.17, 15) is 4.39 Å². The summed E-state index contributed by atoms with van der Waals surface area (Å²) < 4.78 is 15.9. The molecule has 0 fully saturated rings. The first kappa shape index (κ1) is 20.8. The Morgan fingerprint density at radius 1 is 1.26 bits per heavy atom. The summed E-state index contributed by atoms with van der Waals surface area (Å²) in [6.07, 6.45) is 2.60. The van der Waals surface area contributed by atoms with Crippen molar-refractivity contribution in [2.45, 2.75) is 39.9 Å². The first-order valence-electron chi connectivity index (χ1n) is 9.34. The molecule has 0 bridgehead atoms. The minimum atomic E-state index is -0.179. The second-order valence-corrected chi connectivity index (χ2v) is 6.58. The van der Waals surface area contributed by atoms with Crippen molar-refractivity contribution in [1.82, 2.24) is 30.3 Å². The molecule has 0 aliphatic carbocycles. The van der Waals surface area contributed by atoms with Gasteiger partial charge in [-0.1, -0.05) is 13.0 Å². The van der Waals surface area contributed by atoms with Crippen LogP contribution in [0.4, 0.5) is 4.39 Å². The Morgan fingerprint density at radius 2 is 2.07 bits per heavy atom. The van der Waals surface area contributed by atoms with Crippen LogP contribution in [0.15, 0.2) is 29.5 Å². The van der Waals surface area contributed by atoms with Crippen LogP contribution >= 0.6 is 0 Å². The van der Waals surface area contributed by atoms with Gasteiger partial charge in [-0.15, -0.1) is 10.2 Å². The number of nitrogens with zero attached hydrogens (tertiary/aromatic N) is 5. The summed E-state index contributed by atoms with van der Waals surface area (Å²) in [6, 6.07) is 5.18. The van der Waals surface area contributed by atoms with E-state index in [2.05, 4.69) is 32.7 Å². The fourth-order valence-corrected chi connectivity index (χ4v) is 2.73. The molecule has 1 heterocycles. The summed E-state index contributed by atoms with van der Waals surface area (Å²) in [4.78, 5) is 6.56. The highest BCUT2D eigenvalue weighted by Gasteiger charge is 2.06. The molecule has 0 amide bonds. The molecule has 2 rings (SSSR count). The predicted octanol–water partition coefficient (Wildman–Crippen LogP) is 1.80. The predicted molar refractivity (Wildman–Crippen MR) is 106 cm³/mol. The van der Waals surface area contributed by atoms with Crippen molar-refractivity contribution in [3.8, 4) is 0 Å². The van der Waals surface area contributed by atoms with Crippen LogP contribution in [0, 0.1) is 5.82 Å². The molecule has 0 spiro atoms. The Kier molecular flexibility index (Phi) is 8.19. The third kappa shape index (κ3) is 6.63. The van der Waals surface area contributed by atoms with Crippen molar-refractivity contribution >= 4 is 5.96 Å². The van der Waals surface area contributed by atoms with Gasteiger partial charge in [0.1, 0.15) is 18.0 Å². The zero-order chi connectivity index (χ0) is 19.6. The third-order valence-electron chi connectivity index (χ3n) is 4.02. The molecule has 7 nitrogen and oxygen atoms in total. The first-order chi connectivity index (χ1) is 13.0. The minimum Gasteiger partial charge on any atom is -0.357 e. The van der Waals surface area contributed by atoms with Gasteiger partial charge in [0.05, 0.1) is 6.54 Å². The van der Waals surface area contributed by atoms with Gasteiger partial charge in [0, 0.05) is 38.2 Å². The molecule has 2 aromatic rings. The highest BCUT2D eigenvalue weighted by molar-refractivity contribution is 5.79.